The minimum Gasteiger partial charge on any atom is -0.358 e. The number of nitrogens with two attached hydrogens (primary N) is 1. The van der Waals surface area contributed by atoms with Gasteiger partial charge in [-0.1, -0.05) is 24.6 Å². The lowest BCUT2D eigenvalue weighted by Crippen LogP contribution is -2.27. The Bertz CT molecular complexity index is 549. The highest BCUT2D eigenvalue weighted by Crippen LogP contribution is 2.40. The van der Waals surface area contributed by atoms with Crippen LogP contribution in [0.1, 0.15) is 42.1 Å². The second-order valence-electron chi connectivity index (χ2n) is 5.38. The summed E-state index contributed by atoms with van der Waals surface area (Å²) in [6.45, 7) is 4.30. The standard InChI is InChI=1S/C15H20N2/c1-9-5-3-8-12-13(10(2)17-15(9)12)14(16)11-6-4-7-11/h3,5,8,11,14,17H,4,6-7,16H2,1-2H3. The Labute approximate surface area is 102 Å². The average molecular weight is 228 g/mol. The maximum Gasteiger partial charge on any atom is 0.0489 e. The van der Waals surface area contributed by atoms with E-state index in [-0.39, 0.29) is 6.04 Å². The molecule has 0 spiro atoms. The number of fused-ring (bicyclic) bond motifs is 1. The summed E-state index contributed by atoms with van der Waals surface area (Å²) in [6, 6.07) is 6.68. The van der Waals surface area contributed by atoms with Gasteiger partial charge >= 0.3 is 0 Å². The summed E-state index contributed by atoms with van der Waals surface area (Å²) in [5, 5.41) is 1.32. The topological polar surface area (TPSA) is 41.8 Å². The molecular formula is C15H20N2. The van der Waals surface area contributed by atoms with E-state index in [1.54, 1.807) is 0 Å². The first-order valence-electron chi connectivity index (χ1n) is 6.52. The zero-order valence-electron chi connectivity index (χ0n) is 10.6. The van der Waals surface area contributed by atoms with Crippen LogP contribution in [0.5, 0.6) is 0 Å². The Hall–Kier alpha value is -1.28. The lowest BCUT2D eigenvalue weighted by atomic mass is 9.77. The van der Waals surface area contributed by atoms with E-state index in [1.807, 2.05) is 0 Å². The van der Waals surface area contributed by atoms with Gasteiger partial charge in [0.2, 0.25) is 0 Å². The van der Waals surface area contributed by atoms with Crippen LogP contribution >= 0.6 is 0 Å². The van der Waals surface area contributed by atoms with Crippen molar-refractivity contribution in [2.75, 3.05) is 0 Å². The van der Waals surface area contributed by atoms with E-state index in [0.29, 0.717) is 5.92 Å². The third-order valence-corrected chi connectivity index (χ3v) is 4.27. The van der Waals surface area contributed by atoms with E-state index in [9.17, 15) is 0 Å². The van der Waals surface area contributed by atoms with Crippen LogP contribution in [0.15, 0.2) is 18.2 Å². The molecule has 3 N–H and O–H groups in total. The molecule has 1 aromatic carbocycles. The van der Waals surface area contributed by atoms with Crippen molar-refractivity contribution in [2.24, 2.45) is 11.7 Å². The first-order chi connectivity index (χ1) is 8.18. The summed E-state index contributed by atoms with van der Waals surface area (Å²) in [7, 11) is 0. The van der Waals surface area contributed by atoms with Crippen molar-refractivity contribution in [3.63, 3.8) is 0 Å². The van der Waals surface area contributed by atoms with E-state index >= 15 is 0 Å². The molecule has 2 nitrogen and oxygen atoms in total. The number of aromatic amines is 1. The first-order valence-corrected chi connectivity index (χ1v) is 6.52. The van der Waals surface area contributed by atoms with Crippen molar-refractivity contribution < 1.29 is 0 Å². The van der Waals surface area contributed by atoms with Gasteiger partial charge in [0, 0.05) is 22.6 Å². The number of H-pyrrole nitrogens is 1. The van der Waals surface area contributed by atoms with E-state index < -0.39 is 0 Å². The zero-order chi connectivity index (χ0) is 12.0. The van der Waals surface area contributed by atoms with Gasteiger partial charge in [-0.15, -0.1) is 0 Å². The summed E-state index contributed by atoms with van der Waals surface area (Å²) in [6.07, 6.45) is 3.93. The molecule has 1 aromatic heterocycles. The van der Waals surface area contributed by atoms with Crippen molar-refractivity contribution in [3.05, 3.63) is 35.0 Å². The molecule has 0 aliphatic heterocycles. The number of rotatable bonds is 2. The molecule has 1 heterocycles. The molecule has 1 aliphatic carbocycles. The van der Waals surface area contributed by atoms with Gasteiger partial charge in [-0.2, -0.15) is 0 Å². The second kappa shape index (κ2) is 3.88. The van der Waals surface area contributed by atoms with Gasteiger partial charge in [0.05, 0.1) is 0 Å². The van der Waals surface area contributed by atoms with Crippen LogP contribution in [-0.2, 0) is 0 Å². The highest BCUT2D eigenvalue weighted by Gasteiger charge is 2.28. The average Bonchev–Trinajstić information content (AvgIpc) is 2.53. The van der Waals surface area contributed by atoms with E-state index in [4.69, 9.17) is 5.73 Å². The summed E-state index contributed by atoms with van der Waals surface area (Å²) in [5.41, 5.74) is 11.6. The van der Waals surface area contributed by atoms with Crippen molar-refractivity contribution in [1.82, 2.24) is 4.98 Å². The molecule has 3 rings (SSSR count). The Morgan fingerprint density at radius 3 is 2.71 bits per heavy atom. The normalized spacial score (nSPS) is 18.3. The van der Waals surface area contributed by atoms with Gasteiger partial charge in [-0.05, 0) is 43.7 Å². The zero-order valence-corrected chi connectivity index (χ0v) is 10.6. The minimum absolute atomic E-state index is 0.208. The molecule has 1 aliphatic rings. The smallest absolute Gasteiger partial charge is 0.0489 e. The predicted octanol–water partition coefficient (Wildman–Crippen LogP) is 3.58. The number of benzene rings is 1. The van der Waals surface area contributed by atoms with Crippen molar-refractivity contribution >= 4 is 10.9 Å². The number of nitrogens with one attached hydrogen (secondary N) is 1. The van der Waals surface area contributed by atoms with Gasteiger partial charge in [-0.3, -0.25) is 0 Å². The van der Waals surface area contributed by atoms with Gasteiger partial charge in [0.1, 0.15) is 0 Å². The molecule has 0 radical (unpaired) electrons. The second-order valence-corrected chi connectivity index (χ2v) is 5.38. The van der Waals surface area contributed by atoms with E-state index in [0.717, 1.165) is 0 Å². The lowest BCUT2D eigenvalue weighted by Gasteiger charge is -2.31. The Kier molecular flexibility index (Phi) is 2.48. The number of hydrogen-bond donors (Lipinski definition) is 2. The molecule has 0 amide bonds. The van der Waals surface area contributed by atoms with Crippen LogP contribution in [-0.4, -0.2) is 4.98 Å². The predicted molar refractivity (Wildman–Crippen MR) is 72.0 cm³/mol. The van der Waals surface area contributed by atoms with E-state index in [2.05, 4.69) is 37.0 Å². The van der Waals surface area contributed by atoms with Gasteiger partial charge < -0.3 is 10.7 Å². The summed E-state index contributed by atoms with van der Waals surface area (Å²) in [5.74, 6) is 0.688. The minimum atomic E-state index is 0.208. The van der Waals surface area contributed by atoms with Crippen LogP contribution in [0.4, 0.5) is 0 Å². The Morgan fingerprint density at radius 2 is 2.06 bits per heavy atom. The Balaban J connectivity index is 2.14. The van der Waals surface area contributed by atoms with Crippen LogP contribution in [0, 0.1) is 19.8 Å². The van der Waals surface area contributed by atoms with Crippen molar-refractivity contribution in [2.45, 2.75) is 39.2 Å². The molecule has 2 heteroatoms. The summed E-state index contributed by atoms with van der Waals surface area (Å²) >= 11 is 0. The molecule has 90 valence electrons. The molecule has 1 saturated carbocycles. The van der Waals surface area contributed by atoms with Crippen molar-refractivity contribution in [1.29, 1.82) is 0 Å². The molecule has 0 bridgehead atoms. The fourth-order valence-corrected chi connectivity index (χ4v) is 2.98. The van der Waals surface area contributed by atoms with Gasteiger partial charge in [0.25, 0.3) is 0 Å². The molecule has 1 atom stereocenters. The maximum atomic E-state index is 6.44. The lowest BCUT2D eigenvalue weighted by molar-refractivity contribution is 0.265. The molecule has 1 unspecified atom stereocenters. The SMILES string of the molecule is Cc1[nH]c2c(C)cccc2c1C(N)C1CCC1. The fraction of sp³-hybridized carbons (Fsp3) is 0.467. The van der Waals surface area contributed by atoms with Gasteiger partial charge in [-0.25, -0.2) is 0 Å². The van der Waals surface area contributed by atoms with Crippen LogP contribution in [0.3, 0.4) is 0 Å². The largest absolute Gasteiger partial charge is 0.358 e. The summed E-state index contributed by atoms with van der Waals surface area (Å²) < 4.78 is 0. The van der Waals surface area contributed by atoms with E-state index in [1.165, 1.54) is 47.0 Å². The van der Waals surface area contributed by atoms with Crippen molar-refractivity contribution in [3.8, 4) is 0 Å². The highest BCUT2D eigenvalue weighted by molar-refractivity contribution is 5.87. The highest BCUT2D eigenvalue weighted by atomic mass is 14.8. The molecular weight excluding hydrogens is 208 g/mol. The first kappa shape index (κ1) is 10.8. The number of aryl methyl sites for hydroxylation is 2. The molecule has 2 aromatic rings. The number of aromatic nitrogens is 1. The Morgan fingerprint density at radius 1 is 1.29 bits per heavy atom. The maximum absolute atomic E-state index is 6.44. The third kappa shape index (κ3) is 1.59. The van der Waals surface area contributed by atoms with Crippen LogP contribution in [0.2, 0.25) is 0 Å². The van der Waals surface area contributed by atoms with Gasteiger partial charge in [0.15, 0.2) is 0 Å². The quantitative estimate of drug-likeness (QED) is 0.810. The third-order valence-electron chi connectivity index (χ3n) is 4.27. The van der Waals surface area contributed by atoms with Crippen LogP contribution < -0.4 is 5.73 Å². The number of para-hydroxylation sites is 1. The van der Waals surface area contributed by atoms with Crippen LogP contribution in [0.25, 0.3) is 10.9 Å². The number of hydrogen-bond acceptors (Lipinski definition) is 1. The molecule has 1 fully saturated rings. The molecule has 0 saturated heterocycles. The monoisotopic (exact) mass is 228 g/mol. The fourth-order valence-electron chi connectivity index (χ4n) is 2.98. The molecule has 17 heavy (non-hydrogen) atoms. The summed E-state index contributed by atoms with van der Waals surface area (Å²) in [4.78, 5) is 3.50.